The Morgan fingerprint density at radius 1 is 0.714 bits per heavy atom. The third-order valence-corrected chi connectivity index (χ3v) is 5.04. The van der Waals surface area contributed by atoms with E-state index in [2.05, 4.69) is 56.3 Å². The average Bonchev–Trinajstić information content (AvgIpc) is 2.51. The Labute approximate surface area is 132 Å². The van der Waals surface area contributed by atoms with Crippen LogP contribution in [0.3, 0.4) is 0 Å². The molecule has 2 atom stereocenters. The van der Waals surface area contributed by atoms with E-state index in [0.717, 1.165) is 17.9 Å². The van der Waals surface area contributed by atoms with E-state index in [4.69, 9.17) is 11.6 Å². The highest BCUT2D eigenvalue weighted by Gasteiger charge is 2.29. The molecule has 0 spiro atoms. The molecule has 1 aliphatic rings. The highest BCUT2D eigenvalue weighted by molar-refractivity contribution is 6.30. The lowest BCUT2D eigenvalue weighted by Crippen LogP contribution is -2.17. The molecule has 0 aromatic heterocycles. The second-order valence-corrected chi connectivity index (χ2v) is 6.58. The van der Waals surface area contributed by atoms with Gasteiger partial charge in [-0.05, 0) is 61.8 Å². The largest absolute Gasteiger partial charge is 0.0843 e. The van der Waals surface area contributed by atoms with Crippen LogP contribution in [0, 0.1) is 0 Å². The zero-order chi connectivity index (χ0) is 14.8. The normalized spacial score (nSPS) is 22.4. The molecule has 0 bridgehead atoms. The maximum Gasteiger partial charge on any atom is 0.0406 e. The minimum absolute atomic E-state index is 0.549. The quantitative estimate of drug-likeness (QED) is 0.567. The Morgan fingerprint density at radius 3 is 1.71 bits per heavy atom. The van der Waals surface area contributed by atoms with Gasteiger partial charge in [-0.25, -0.2) is 0 Å². The summed E-state index contributed by atoms with van der Waals surface area (Å²) in [5.41, 5.74) is 5.95. The summed E-state index contributed by atoms with van der Waals surface area (Å²) in [5.74, 6) is 1.12. The molecule has 1 heteroatoms. The van der Waals surface area contributed by atoms with Gasteiger partial charge in [-0.15, -0.1) is 0 Å². The van der Waals surface area contributed by atoms with Gasteiger partial charge in [0.2, 0.25) is 0 Å². The van der Waals surface area contributed by atoms with Crippen LogP contribution in [-0.2, 0) is 0 Å². The van der Waals surface area contributed by atoms with E-state index in [1.54, 1.807) is 11.1 Å². The van der Waals surface area contributed by atoms with Crippen LogP contribution >= 0.6 is 11.6 Å². The topological polar surface area (TPSA) is 0 Å². The Balaban J connectivity index is 2.00. The summed E-state index contributed by atoms with van der Waals surface area (Å²) in [5, 5.41) is 0.814. The fourth-order valence-electron chi connectivity index (χ4n) is 3.40. The van der Waals surface area contributed by atoms with Gasteiger partial charge in [0, 0.05) is 5.02 Å². The molecule has 0 heterocycles. The van der Waals surface area contributed by atoms with E-state index in [-0.39, 0.29) is 0 Å². The molecule has 21 heavy (non-hydrogen) atoms. The van der Waals surface area contributed by atoms with Gasteiger partial charge in [0.25, 0.3) is 0 Å². The predicted molar refractivity (Wildman–Crippen MR) is 91.0 cm³/mol. The lowest BCUT2D eigenvalue weighted by Gasteiger charge is -2.34. The zero-order valence-electron chi connectivity index (χ0n) is 12.6. The number of allylic oxidation sites excluding steroid dienone is 2. The van der Waals surface area contributed by atoms with Gasteiger partial charge >= 0.3 is 0 Å². The van der Waals surface area contributed by atoms with Crippen molar-refractivity contribution in [3.8, 4) is 0 Å². The van der Waals surface area contributed by atoms with Crippen molar-refractivity contribution in [2.45, 2.75) is 38.5 Å². The average molecular weight is 297 g/mol. The molecule has 0 radical (unpaired) electrons. The van der Waals surface area contributed by atoms with E-state index in [9.17, 15) is 0 Å². The summed E-state index contributed by atoms with van der Waals surface area (Å²) < 4.78 is 0. The van der Waals surface area contributed by atoms with E-state index < -0.39 is 0 Å². The summed E-state index contributed by atoms with van der Waals surface area (Å²) in [4.78, 5) is 0. The lowest BCUT2D eigenvalue weighted by molar-refractivity contribution is 0.496. The molecule has 0 saturated carbocycles. The number of halogens is 1. The summed E-state index contributed by atoms with van der Waals surface area (Å²) in [6.45, 7) is 4.56. The van der Waals surface area contributed by atoms with Crippen LogP contribution < -0.4 is 0 Å². The first kappa shape index (κ1) is 14.4. The molecule has 0 saturated heterocycles. The van der Waals surface area contributed by atoms with Crippen LogP contribution in [0.15, 0.2) is 65.7 Å². The summed E-state index contributed by atoms with van der Waals surface area (Å²) >= 11 is 6.05. The van der Waals surface area contributed by atoms with Gasteiger partial charge in [-0.1, -0.05) is 65.2 Å². The van der Waals surface area contributed by atoms with Crippen molar-refractivity contribution in [3.63, 3.8) is 0 Å². The summed E-state index contributed by atoms with van der Waals surface area (Å²) in [6.07, 6.45) is 2.30. The van der Waals surface area contributed by atoms with Gasteiger partial charge in [-0.2, -0.15) is 0 Å². The van der Waals surface area contributed by atoms with Crippen molar-refractivity contribution < 1.29 is 0 Å². The molecule has 0 unspecified atom stereocenters. The van der Waals surface area contributed by atoms with Crippen molar-refractivity contribution >= 4 is 11.6 Å². The highest BCUT2D eigenvalue weighted by Crippen LogP contribution is 2.46. The fourth-order valence-corrected chi connectivity index (χ4v) is 3.53. The Morgan fingerprint density at radius 2 is 1.19 bits per heavy atom. The van der Waals surface area contributed by atoms with Crippen LogP contribution in [0.1, 0.15) is 49.7 Å². The number of rotatable bonds is 2. The van der Waals surface area contributed by atoms with Crippen molar-refractivity contribution in [2.24, 2.45) is 0 Å². The first-order chi connectivity index (χ1) is 10.1. The minimum Gasteiger partial charge on any atom is -0.0843 e. The molecular weight excluding hydrogens is 276 g/mol. The van der Waals surface area contributed by atoms with Gasteiger partial charge in [0.05, 0.1) is 0 Å². The van der Waals surface area contributed by atoms with Crippen LogP contribution in [0.5, 0.6) is 0 Å². The second kappa shape index (κ2) is 6.07. The van der Waals surface area contributed by atoms with Gasteiger partial charge in [-0.3, -0.25) is 0 Å². The molecule has 0 N–H and O–H groups in total. The van der Waals surface area contributed by atoms with Crippen LogP contribution in [0.25, 0.3) is 0 Å². The minimum atomic E-state index is 0.549. The molecule has 0 amide bonds. The molecule has 0 nitrogen and oxygen atoms in total. The smallest absolute Gasteiger partial charge is 0.0406 e. The molecule has 2 aromatic carbocycles. The van der Waals surface area contributed by atoms with Gasteiger partial charge in [0.1, 0.15) is 0 Å². The zero-order valence-corrected chi connectivity index (χ0v) is 13.4. The van der Waals surface area contributed by atoms with E-state index in [1.807, 2.05) is 12.1 Å². The molecule has 3 rings (SSSR count). The summed E-state index contributed by atoms with van der Waals surface area (Å²) in [7, 11) is 0. The van der Waals surface area contributed by atoms with E-state index in [0.29, 0.717) is 11.8 Å². The molecule has 0 fully saturated rings. The number of hydrogen-bond acceptors (Lipinski definition) is 0. The standard InChI is InChI=1S/C20H21Cl/c1-14-12-19(16-6-4-3-5-7-16)20(13-15(14)2)17-8-10-18(21)11-9-17/h3-11,19-20H,12-13H2,1-2H3/t19-,20-/m1/s1. The number of benzene rings is 2. The third-order valence-electron chi connectivity index (χ3n) is 4.79. The molecule has 108 valence electrons. The SMILES string of the molecule is CC1=C(C)C[C@H](c2ccc(Cl)cc2)[C@@H](c2ccccc2)C1. The second-order valence-electron chi connectivity index (χ2n) is 6.14. The summed E-state index contributed by atoms with van der Waals surface area (Å²) in [6, 6.07) is 19.3. The monoisotopic (exact) mass is 296 g/mol. The Bertz CT molecular complexity index is 637. The van der Waals surface area contributed by atoms with Gasteiger partial charge < -0.3 is 0 Å². The number of hydrogen-bond donors (Lipinski definition) is 0. The first-order valence-electron chi connectivity index (χ1n) is 7.61. The fraction of sp³-hybridized carbons (Fsp3) is 0.300. The molecule has 1 aliphatic carbocycles. The van der Waals surface area contributed by atoms with Crippen molar-refractivity contribution in [3.05, 3.63) is 81.9 Å². The Kier molecular flexibility index (Phi) is 4.17. The highest BCUT2D eigenvalue weighted by atomic mass is 35.5. The van der Waals surface area contributed by atoms with Crippen LogP contribution in [-0.4, -0.2) is 0 Å². The van der Waals surface area contributed by atoms with Crippen LogP contribution in [0.2, 0.25) is 5.02 Å². The van der Waals surface area contributed by atoms with Crippen molar-refractivity contribution in [2.75, 3.05) is 0 Å². The molecular formula is C20H21Cl. The first-order valence-corrected chi connectivity index (χ1v) is 7.98. The predicted octanol–water partition coefficient (Wildman–Crippen LogP) is 6.34. The van der Waals surface area contributed by atoms with Crippen molar-refractivity contribution in [1.29, 1.82) is 0 Å². The van der Waals surface area contributed by atoms with Crippen LogP contribution in [0.4, 0.5) is 0 Å². The molecule has 0 aliphatic heterocycles. The Hall–Kier alpha value is -1.53. The maximum absolute atomic E-state index is 6.05. The molecule has 2 aromatic rings. The lowest BCUT2D eigenvalue weighted by atomic mass is 9.70. The van der Waals surface area contributed by atoms with E-state index >= 15 is 0 Å². The van der Waals surface area contributed by atoms with Crippen molar-refractivity contribution in [1.82, 2.24) is 0 Å². The maximum atomic E-state index is 6.05. The van der Waals surface area contributed by atoms with E-state index in [1.165, 1.54) is 11.1 Å². The third kappa shape index (κ3) is 3.06. The van der Waals surface area contributed by atoms with Gasteiger partial charge in [0.15, 0.2) is 0 Å².